The van der Waals surface area contributed by atoms with Crippen molar-refractivity contribution in [3.8, 4) is 0 Å². The molecule has 2 heteroatoms. The third-order valence-corrected chi connectivity index (χ3v) is 2.74. The van der Waals surface area contributed by atoms with Crippen LogP contribution in [-0.2, 0) is 11.3 Å². The van der Waals surface area contributed by atoms with Gasteiger partial charge in [-0.05, 0) is 29.2 Å². The van der Waals surface area contributed by atoms with Crippen molar-refractivity contribution in [3.05, 3.63) is 35.5 Å². The Morgan fingerprint density at radius 2 is 2.13 bits per heavy atom. The van der Waals surface area contributed by atoms with Gasteiger partial charge in [0.2, 0.25) is 0 Å². The molecular weight excluding hydrogens is 186 g/mol. The number of rotatable bonds is 3. The van der Waals surface area contributed by atoms with Gasteiger partial charge in [0, 0.05) is 24.2 Å². The smallest absolute Gasteiger partial charge is 0.0719 e. The summed E-state index contributed by atoms with van der Waals surface area (Å²) < 4.78 is 5.23. The molecule has 0 aliphatic heterocycles. The zero-order chi connectivity index (χ0) is 10.8. The standard InChI is InChI=1S/C13H17NO/c1-9(2)10-6-11(8-15-3)12-4-5-14-13(12)7-10/h4-7,9,14H,8H2,1-3H3. The molecule has 0 fully saturated rings. The van der Waals surface area contributed by atoms with Crippen molar-refractivity contribution in [2.45, 2.75) is 26.4 Å². The maximum absolute atomic E-state index is 5.23. The van der Waals surface area contributed by atoms with Crippen LogP contribution in [0.1, 0.15) is 30.9 Å². The molecule has 0 saturated carbocycles. The van der Waals surface area contributed by atoms with Crippen molar-refractivity contribution in [1.82, 2.24) is 4.98 Å². The fourth-order valence-electron chi connectivity index (χ4n) is 1.88. The minimum atomic E-state index is 0.549. The maximum Gasteiger partial charge on any atom is 0.0719 e. The van der Waals surface area contributed by atoms with E-state index in [0.29, 0.717) is 12.5 Å². The van der Waals surface area contributed by atoms with Gasteiger partial charge in [-0.1, -0.05) is 19.9 Å². The third kappa shape index (κ3) is 1.90. The van der Waals surface area contributed by atoms with E-state index < -0.39 is 0 Å². The average Bonchev–Trinajstić information content (AvgIpc) is 2.65. The van der Waals surface area contributed by atoms with Crippen LogP contribution in [0.15, 0.2) is 24.4 Å². The highest BCUT2D eigenvalue weighted by atomic mass is 16.5. The molecule has 0 atom stereocenters. The topological polar surface area (TPSA) is 25.0 Å². The lowest BCUT2D eigenvalue weighted by molar-refractivity contribution is 0.186. The fourth-order valence-corrected chi connectivity index (χ4v) is 1.88. The number of hydrogen-bond donors (Lipinski definition) is 1. The number of fused-ring (bicyclic) bond motifs is 1. The van der Waals surface area contributed by atoms with E-state index in [2.05, 4.69) is 37.0 Å². The van der Waals surface area contributed by atoms with Gasteiger partial charge in [-0.3, -0.25) is 0 Å². The Morgan fingerprint density at radius 1 is 1.33 bits per heavy atom. The second kappa shape index (κ2) is 4.07. The first-order chi connectivity index (χ1) is 7.22. The molecule has 0 aliphatic rings. The summed E-state index contributed by atoms with van der Waals surface area (Å²) >= 11 is 0. The van der Waals surface area contributed by atoms with E-state index in [4.69, 9.17) is 4.74 Å². The highest BCUT2D eigenvalue weighted by Gasteiger charge is 2.07. The molecule has 0 saturated heterocycles. The van der Waals surface area contributed by atoms with Crippen molar-refractivity contribution in [3.63, 3.8) is 0 Å². The summed E-state index contributed by atoms with van der Waals surface area (Å²) in [5, 5.41) is 1.27. The van der Waals surface area contributed by atoms with E-state index in [1.807, 2.05) is 6.20 Å². The van der Waals surface area contributed by atoms with E-state index in [0.717, 1.165) is 0 Å². The van der Waals surface area contributed by atoms with Crippen LogP contribution < -0.4 is 0 Å². The number of aromatic nitrogens is 1. The van der Waals surface area contributed by atoms with Crippen LogP contribution in [0.4, 0.5) is 0 Å². The molecule has 0 unspecified atom stereocenters. The number of aromatic amines is 1. The Bertz CT molecular complexity index is 457. The van der Waals surface area contributed by atoms with E-state index in [1.54, 1.807) is 7.11 Å². The number of hydrogen-bond acceptors (Lipinski definition) is 1. The summed E-state index contributed by atoms with van der Waals surface area (Å²) in [7, 11) is 1.74. The number of methoxy groups -OCH3 is 1. The van der Waals surface area contributed by atoms with Crippen molar-refractivity contribution in [2.75, 3.05) is 7.11 Å². The van der Waals surface area contributed by atoms with Gasteiger partial charge in [0.15, 0.2) is 0 Å². The Hall–Kier alpha value is -1.28. The first kappa shape index (κ1) is 10.2. The van der Waals surface area contributed by atoms with Crippen molar-refractivity contribution >= 4 is 10.9 Å². The molecule has 1 aromatic carbocycles. The molecule has 2 aromatic rings. The molecule has 0 spiro atoms. The molecule has 2 rings (SSSR count). The lowest BCUT2D eigenvalue weighted by atomic mass is 9.98. The van der Waals surface area contributed by atoms with Crippen molar-refractivity contribution in [2.24, 2.45) is 0 Å². The highest BCUT2D eigenvalue weighted by Crippen LogP contribution is 2.25. The molecule has 1 aromatic heterocycles. The van der Waals surface area contributed by atoms with Gasteiger partial charge in [-0.15, -0.1) is 0 Å². The van der Waals surface area contributed by atoms with Crippen molar-refractivity contribution < 1.29 is 4.74 Å². The maximum atomic E-state index is 5.23. The monoisotopic (exact) mass is 203 g/mol. The van der Waals surface area contributed by atoms with Crippen LogP contribution in [-0.4, -0.2) is 12.1 Å². The summed E-state index contributed by atoms with van der Waals surface area (Å²) in [6, 6.07) is 6.57. The summed E-state index contributed by atoms with van der Waals surface area (Å²) in [6.45, 7) is 5.09. The zero-order valence-corrected chi connectivity index (χ0v) is 9.50. The Morgan fingerprint density at radius 3 is 2.80 bits per heavy atom. The van der Waals surface area contributed by atoms with Crippen LogP contribution in [0, 0.1) is 0 Å². The van der Waals surface area contributed by atoms with Gasteiger partial charge >= 0.3 is 0 Å². The van der Waals surface area contributed by atoms with Gasteiger partial charge in [0.1, 0.15) is 0 Å². The van der Waals surface area contributed by atoms with Crippen LogP contribution >= 0.6 is 0 Å². The second-order valence-corrected chi connectivity index (χ2v) is 4.21. The summed E-state index contributed by atoms with van der Waals surface area (Å²) in [5.41, 5.74) is 3.82. The van der Waals surface area contributed by atoms with Gasteiger partial charge in [0.25, 0.3) is 0 Å². The highest BCUT2D eigenvalue weighted by molar-refractivity contribution is 5.83. The molecule has 1 heterocycles. The van der Waals surface area contributed by atoms with Gasteiger partial charge in [0.05, 0.1) is 6.61 Å². The number of H-pyrrole nitrogens is 1. The quantitative estimate of drug-likeness (QED) is 0.812. The lowest BCUT2D eigenvalue weighted by Crippen LogP contribution is -1.93. The van der Waals surface area contributed by atoms with Crippen molar-refractivity contribution in [1.29, 1.82) is 0 Å². The largest absolute Gasteiger partial charge is 0.380 e. The van der Waals surface area contributed by atoms with E-state index in [-0.39, 0.29) is 0 Å². The van der Waals surface area contributed by atoms with Gasteiger partial charge in [-0.2, -0.15) is 0 Å². The first-order valence-corrected chi connectivity index (χ1v) is 5.31. The lowest BCUT2D eigenvalue weighted by Gasteiger charge is -2.09. The zero-order valence-electron chi connectivity index (χ0n) is 9.50. The second-order valence-electron chi connectivity index (χ2n) is 4.21. The predicted octanol–water partition coefficient (Wildman–Crippen LogP) is 3.44. The van der Waals surface area contributed by atoms with Crippen LogP contribution in [0.25, 0.3) is 10.9 Å². The summed E-state index contributed by atoms with van der Waals surface area (Å²) in [5.74, 6) is 0.549. The predicted molar refractivity (Wildman–Crippen MR) is 63.1 cm³/mol. The van der Waals surface area contributed by atoms with Crippen LogP contribution in [0.3, 0.4) is 0 Å². The SMILES string of the molecule is COCc1cc(C(C)C)cc2[nH]ccc12. The van der Waals surface area contributed by atoms with E-state index >= 15 is 0 Å². The average molecular weight is 203 g/mol. The van der Waals surface area contributed by atoms with Crippen LogP contribution in [0.2, 0.25) is 0 Å². The molecule has 80 valence electrons. The molecule has 2 nitrogen and oxygen atoms in total. The molecule has 0 aliphatic carbocycles. The molecular formula is C13H17NO. The Labute approximate surface area is 90.3 Å². The molecule has 1 N–H and O–H groups in total. The third-order valence-electron chi connectivity index (χ3n) is 2.74. The molecule has 0 amide bonds. The van der Waals surface area contributed by atoms with Gasteiger partial charge < -0.3 is 9.72 Å². The Kier molecular flexibility index (Phi) is 2.78. The fraction of sp³-hybridized carbons (Fsp3) is 0.385. The normalized spacial score (nSPS) is 11.5. The minimum Gasteiger partial charge on any atom is -0.380 e. The summed E-state index contributed by atoms with van der Waals surface area (Å²) in [4.78, 5) is 3.26. The summed E-state index contributed by atoms with van der Waals surface area (Å²) in [6.07, 6.45) is 1.98. The minimum absolute atomic E-state index is 0.549. The van der Waals surface area contributed by atoms with E-state index in [1.165, 1.54) is 22.0 Å². The molecule has 0 bridgehead atoms. The van der Waals surface area contributed by atoms with Gasteiger partial charge in [-0.25, -0.2) is 0 Å². The number of nitrogens with one attached hydrogen (secondary N) is 1. The van der Waals surface area contributed by atoms with Crippen LogP contribution in [0.5, 0.6) is 0 Å². The number of ether oxygens (including phenoxy) is 1. The Balaban J connectivity index is 2.58. The number of benzene rings is 1. The molecule has 15 heavy (non-hydrogen) atoms. The van der Waals surface area contributed by atoms with E-state index in [9.17, 15) is 0 Å². The molecule has 0 radical (unpaired) electrons. The first-order valence-electron chi connectivity index (χ1n) is 5.31.